The van der Waals surface area contributed by atoms with Gasteiger partial charge in [0.2, 0.25) is 0 Å². The molecule has 5 N–H and O–H groups in total. The Kier molecular flexibility index (Phi) is 4.69. The van der Waals surface area contributed by atoms with Gasteiger partial charge in [-0.15, -0.1) is 0 Å². The zero-order valence-corrected chi connectivity index (χ0v) is 11.1. The molecule has 1 heterocycles. The molecule has 8 heteroatoms. The fraction of sp³-hybridized carbons (Fsp3) is 0.385. The summed E-state index contributed by atoms with van der Waals surface area (Å²) >= 11 is 0. The number of hydrogen-bond donors (Lipinski definition) is 4. The van der Waals surface area contributed by atoms with Gasteiger partial charge in [-0.05, 0) is 24.5 Å². The molecule has 1 amide bonds. The second-order valence-electron chi connectivity index (χ2n) is 4.79. The number of hydrogen-bond acceptors (Lipinski definition) is 4. The molecule has 1 aromatic rings. The van der Waals surface area contributed by atoms with Crippen LogP contribution < -0.4 is 16.6 Å². The smallest absolute Gasteiger partial charge is 0.405 e. The fourth-order valence-corrected chi connectivity index (χ4v) is 2.44. The Hall–Kier alpha value is -2.22. The van der Waals surface area contributed by atoms with Gasteiger partial charge in [-0.25, -0.2) is 19.4 Å². The molecule has 0 fully saturated rings. The predicted molar refractivity (Wildman–Crippen MR) is 72.9 cm³/mol. The number of hydrazine groups is 1. The third-order valence-corrected chi connectivity index (χ3v) is 3.48. The Bertz CT molecular complexity index is 565. The molecule has 114 valence electrons. The highest BCUT2D eigenvalue weighted by Crippen LogP contribution is 2.28. The van der Waals surface area contributed by atoms with Gasteiger partial charge in [0, 0.05) is 12.5 Å². The van der Waals surface area contributed by atoms with E-state index in [1.54, 1.807) is 0 Å². The molecular weight excluding hydrogens is 282 g/mol. The number of nitrogens with one attached hydrogen (secondary N) is 2. The van der Waals surface area contributed by atoms with E-state index < -0.39 is 23.8 Å². The van der Waals surface area contributed by atoms with Gasteiger partial charge in [-0.1, -0.05) is 12.1 Å². The van der Waals surface area contributed by atoms with Crippen molar-refractivity contribution in [1.82, 2.24) is 10.7 Å². The van der Waals surface area contributed by atoms with E-state index in [4.69, 9.17) is 10.9 Å². The van der Waals surface area contributed by atoms with Crippen molar-refractivity contribution < 1.29 is 18.7 Å². The van der Waals surface area contributed by atoms with Gasteiger partial charge in [-0.2, -0.15) is 0 Å². The van der Waals surface area contributed by atoms with Gasteiger partial charge in [0.05, 0.1) is 6.04 Å². The standard InChI is InChI=1S/C13H16F2N4O2/c14-9-3-1-2-8(11(9)15)7-4-5-10(18-13(20)21)12(19-16)17-6-7/h1-3,7,10,18H,4-6,16H2,(H,17,19)(H,20,21)/t7-,10-/m1/s1. The molecule has 2 atom stereocenters. The first kappa shape index (κ1) is 15.2. The molecule has 0 radical (unpaired) electrons. The lowest BCUT2D eigenvalue weighted by molar-refractivity contribution is 0.192. The van der Waals surface area contributed by atoms with Crippen molar-refractivity contribution in [2.45, 2.75) is 24.8 Å². The molecule has 1 aliphatic heterocycles. The molecule has 0 aliphatic carbocycles. The van der Waals surface area contributed by atoms with Crippen molar-refractivity contribution in [3.63, 3.8) is 0 Å². The van der Waals surface area contributed by atoms with Gasteiger partial charge in [0.1, 0.15) is 5.84 Å². The number of halogens is 2. The highest BCUT2D eigenvalue weighted by molar-refractivity contribution is 5.89. The molecule has 0 saturated heterocycles. The van der Waals surface area contributed by atoms with Crippen molar-refractivity contribution in [2.75, 3.05) is 6.54 Å². The van der Waals surface area contributed by atoms with E-state index in [9.17, 15) is 13.6 Å². The number of rotatable bonds is 2. The normalized spacial score (nSPS) is 22.1. The summed E-state index contributed by atoms with van der Waals surface area (Å²) in [6.07, 6.45) is -0.353. The maximum absolute atomic E-state index is 13.8. The molecule has 0 saturated carbocycles. The lowest BCUT2D eigenvalue weighted by Gasteiger charge is -2.17. The average Bonchev–Trinajstić information content (AvgIpc) is 2.64. The number of amides is 1. The average molecular weight is 298 g/mol. The van der Waals surface area contributed by atoms with E-state index >= 15 is 0 Å². The minimum atomic E-state index is -1.20. The summed E-state index contributed by atoms with van der Waals surface area (Å²) in [5, 5.41) is 11.1. The zero-order chi connectivity index (χ0) is 15.4. The van der Waals surface area contributed by atoms with Crippen LogP contribution in [0.2, 0.25) is 0 Å². The van der Waals surface area contributed by atoms with Gasteiger partial charge in [0.15, 0.2) is 11.6 Å². The molecule has 2 rings (SSSR count). The molecular formula is C13H16F2N4O2. The largest absolute Gasteiger partial charge is 0.465 e. The van der Waals surface area contributed by atoms with Crippen LogP contribution in [0.1, 0.15) is 24.3 Å². The Morgan fingerprint density at radius 3 is 2.81 bits per heavy atom. The SMILES string of the molecule is NNC1=NC[C@H](c2cccc(F)c2F)CC[C@H]1NC(=O)O. The number of nitrogens with zero attached hydrogens (tertiary/aromatic N) is 1. The monoisotopic (exact) mass is 298 g/mol. The maximum atomic E-state index is 13.8. The third kappa shape index (κ3) is 3.46. The molecule has 0 aromatic heterocycles. The van der Waals surface area contributed by atoms with Crippen molar-refractivity contribution in [3.8, 4) is 0 Å². The predicted octanol–water partition coefficient (Wildman–Crippen LogP) is 1.34. The van der Waals surface area contributed by atoms with E-state index in [0.717, 1.165) is 6.07 Å². The number of amidine groups is 1. The molecule has 0 bridgehead atoms. The van der Waals surface area contributed by atoms with E-state index in [2.05, 4.69) is 15.7 Å². The summed E-state index contributed by atoms with van der Waals surface area (Å²) in [5.74, 6) is 3.50. The lowest BCUT2D eigenvalue weighted by atomic mass is 9.93. The Balaban J connectivity index is 2.21. The second kappa shape index (κ2) is 6.49. The molecule has 0 unspecified atom stereocenters. The van der Waals surface area contributed by atoms with E-state index in [1.165, 1.54) is 12.1 Å². The molecule has 21 heavy (non-hydrogen) atoms. The zero-order valence-electron chi connectivity index (χ0n) is 11.1. The summed E-state index contributed by atoms with van der Waals surface area (Å²) in [5.41, 5.74) is 2.60. The summed E-state index contributed by atoms with van der Waals surface area (Å²) in [6, 6.07) is 3.42. The van der Waals surface area contributed by atoms with Gasteiger partial charge in [-0.3, -0.25) is 4.99 Å². The van der Waals surface area contributed by atoms with Crippen LogP contribution in [0.5, 0.6) is 0 Å². The fourth-order valence-electron chi connectivity index (χ4n) is 2.44. The van der Waals surface area contributed by atoms with E-state index in [-0.39, 0.29) is 23.9 Å². The first-order valence-electron chi connectivity index (χ1n) is 6.47. The Labute approximate surface area is 120 Å². The minimum Gasteiger partial charge on any atom is -0.465 e. The number of carbonyl (C=O) groups is 1. The van der Waals surface area contributed by atoms with Crippen LogP contribution in [0, 0.1) is 11.6 Å². The Morgan fingerprint density at radius 2 is 2.14 bits per heavy atom. The summed E-state index contributed by atoms with van der Waals surface area (Å²) in [6.45, 7) is 0.206. The Morgan fingerprint density at radius 1 is 1.38 bits per heavy atom. The van der Waals surface area contributed by atoms with E-state index in [0.29, 0.717) is 12.8 Å². The minimum absolute atomic E-state index is 0.206. The number of aliphatic imine (C=N–C) groups is 1. The highest BCUT2D eigenvalue weighted by Gasteiger charge is 2.26. The van der Waals surface area contributed by atoms with Gasteiger partial charge < -0.3 is 15.8 Å². The summed E-state index contributed by atoms with van der Waals surface area (Å²) in [4.78, 5) is 14.9. The van der Waals surface area contributed by atoms with Gasteiger partial charge >= 0.3 is 6.09 Å². The maximum Gasteiger partial charge on any atom is 0.405 e. The molecule has 1 aliphatic rings. The van der Waals surface area contributed by atoms with Crippen LogP contribution >= 0.6 is 0 Å². The van der Waals surface area contributed by atoms with Crippen LogP contribution in [0.25, 0.3) is 0 Å². The quantitative estimate of drug-likeness (QED) is 0.489. The topological polar surface area (TPSA) is 99.7 Å². The highest BCUT2D eigenvalue weighted by atomic mass is 19.2. The van der Waals surface area contributed by atoms with Crippen molar-refractivity contribution in [1.29, 1.82) is 0 Å². The van der Waals surface area contributed by atoms with Crippen molar-refractivity contribution in [3.05, 3.63) is 35.4 Å². The molecule has 0 spiro atoms. The van der Waals surface area contributed by atoms with Crippen LogP contribution in [0.3, 0.4) is 0 Å². The first-order valence-corrected chi connectivity index (χ1v) is 6.47. The van der Waals surface area contributed by atoms with Crippen molar-refractivity contribution in [2.24, 2.45) is 10.8 Å². The summed E-state index contributed by atoms with van der Waals surface area (Å²) in [7, 11) is 0. The molecule has 6 nitrogen and oxygen atoms in total. The first-order chi connectivity index (χ1) is 10.0. The lowest BCUT2D eigenvalue weighted by Crippen LogP contribution is -2.48. The van der Waals surface area contributed by atoms with Crippen LogP contribution in [0.15, 0.2) is 23.2 Å². The number of carboxylic acid groups (broad SMARTS) is 1. The number of nitrogens with two attached hydrogens (primary N) is 1. The van der Waals surface area contributed by atoms with Gasteiger partial charge in [0.25, 0.3) is 0 Å². The van der Waals surface area contributed by atoms with E-state index in [1.807, 2.05) is 0 Å². The molecule has 1 aromatic carbocycles. The van der Waals surface area contributed by atoms with Crippen LogP contribution in [-0.4, -0.2) is 29.6 Å². The number of benzene rings is 1. The second-order valence-corrected chi connectivity index (χ2v) is 4.79. The van der Waals surface area contributed by atoms with Crippen LogP contribution in [-0.2, 0) is 0 Å². The third-order valence-electron chi connectivity index (χ3n) is 3.48. The van der Waals surface area contributed by atoms with Crippen LogP contribution in [0.4, 0.5) is 13.6 Å². The summed E-state index contributed by atoms with van der Waals surface area (Å²) < 4.78 is 27.1. The van der Waals surface area contributed by atoms with Crippen molar-refractivity contribution >= 4 is 11.9 Å².